The summed E-state index contributed by atoms with van der Waals surface area (Å²) in [4.78, 5) is 16.4. The Morgan fingerprint density at radius 3 is 2.90 bits per heavy atom. The molecule has 2 aromatic rings. The fourth-order valence-electron chi connectivity index (χ4n) is 1.78. The van der Waals surface area contributed by atoms with E-state index in [2.05, 4.69) is 15.6 Å². The van der Waals surface area contributed by atoms with Gasteiger partial charge in [-0.3, -0.25) is 4.79 Å². The molecular formula is C15H13ClN4O. The highest BCUT2D eigenvalue weighted by molar-refractivity contribution is 6.32. The first kappa shape index (κ1) is 14.8. The molecule has 1 heterocycles. The van der Waals surface area contributed by atoms with Crippen LogP contribution < -0.4 is 10.6 Å². The van der Waals surface area contributed by atoms with Crippen molar-refractivity contribution in [1.82, 2.24) is 4.98 Å². The third kappa shape index (κ3) is 3.50. The minimum absolute atomic E-state index is 0.292. The summed E-state index contributed by atoms with van der Waals surface area (Å²) in [6, 6.07) is 10.1. The molecule has 2 rings (SSSR count). The number of pyridine rings is 1. The molecule has 5 nitrogen and oxygen atoms in total. The highest BCUT2D eigenvalue weighted by atomic mass is 35.5. The van der Waals surface area contributed by atoms with Gasteiger partial charge in [0.2, 0.25) is 0 Å². The van der Waals surface area contributed by atoms with Crippen LogP contribution >= 0.6 is 11.6 Å². The van der Waals surface area contributed by atoms with Crippen LogP contribution in [0.15, 0.2) is 36.5 Å². The second-order valence-corrected chi connectivity index (χ2v) is 4.60. The van der Waals surface area contributed by atoms with Gasteiger partial charge in [-0.1, -0.05) is 11.6 Å². The molecule has 0 unspecified atom stereocenters. The number of carbonyl (C=O) groups excluding carboxylic acids is 1. The molecule has 0 radical (unpaired) electrons. The van der Waals surface area contributed by atoms with Gasteiger partial charge in [0, 0.05) is 18.4 Å². The van der Waals surface area contributed by atoms with Crippen LogP contribution in [0.5, 0.6) is 0 Å². The van der Waals surface area contributed by atoms with Crippen LogP contribution in [0, 0.1) is 11.3 Å². The lowest BCUT2D eigenvalue weighted by Crippen LogP contribution is -2.15. The van der Waals surface area contributed by atoms with E-state index in [1.807, 2.05) is 13.0 Å². The zero-order chi connectivity index (χ0) is 15.2. The average molecular weight is 301 g/mol. The Kier molecular flexibility index (Phi) is 4.75. The summed E-state index contributed by atoms with van der Waals surface area (Å²) in [6.45, 7) is 2.59. The topological polar surface area (TPSA) is 77.8 Å². The van der Waals surface area contributed by atoms with Crippen molar-refractivity contribution < 1.29 is 4.79 Å². The van der Waals surface area contributed by atoms with Crippen molar-refractivity contribution in [2.45, 2.75) is 6.92 Å². The molecule has 21 heavy (non-hydrogen) atoms. The highest BCUT2D eigenvalue weighted by Gasteiger charge is 2.12. The van der Waals surface area contributed by atoms with Crippen LogP contribution in [0.2, 0.25) is 5.02 Å². The third-order valence-electron chi connectivity index (χ3n) is 2.74. The Morgan fingerprint density at radius 2 is 2.24 bits per heavy atom. The predicted molar refractivity (Wildman–Crippen MR) is 82.5 cm³/mol. The first-order chi connectivity index (χ1) is 10.2. The second kappa shape index (κ2) is 6.73. The molecule has 106 valence electrons. The second-order valence-electron chi connectivity index (χ2n) is 4.19. The summed E-state index contributed by atoms with van der Waals surface area (Å²) in [5, 5.41) is 14.9. The minimum Gasteiger partial charge on any atom is -0.370 e. The van der Waals surface area contributed by atoms with E-state index < -0.39 is 0 Å². The van der Waals surface area contributed by atoms with Crippen LogP contribution in [0.1, 0.15) is 22.8 Å². The van der Waals surface area contributed by atoms with E-state index in [0.717, 1.165) is 0 Å². The molecule has 0 spiro atoms. The number of amides is 1. The van der Waals surface area contributed by atoms with Crippen LogP contribution in [-0.2, 0) is 0 Å². The molecule has 1 aromatic heterocycles. The maximum absolute atomic E-state index is 12.3. The number of nitrogens with zero attached hydrogens (tertiary/aromatic N) is 2. The molecule has 0 aliphatic carbocycles. The summed E-state index contributed by atoms with van der Waals surface area (Å²) in [5.41, 5.74) is 1.33. The first-order valence-electron chi connectivity index (χ1n) is 6.35. The van der Waals surface area contributed by atoms with E-state index >= 15 is 0 Å². The summed E-state index contributed by atoms with van der Waals surface area (Å²) >= 11 is 5.94. The van der Waals surface area contributed by atoms with E-state index in [1.54, 1.807) is 36.5 Å². The quantitative estimate of drug-likeness (QED) is 0.908. The van der Waals surface area contributed by atoms with Crippen molar-refractivity contribution in [3.63, 3.8) is 0 Å². The molecule has 0 saturated carbocycles. The summed E-state index contributed by atoms with van der Waals surface area (Å²) in [5.74, 6) is 0.233. The molecule has 1 amide bonds. The number of rotatable bonds is 4. The number of aromatic nitrogens is 1. The lowest BCUT2D eigenvalue weighted by Gasteiger charge is -2.10. The van der Waals surface area contributed by atoms with Gasteiger partial charge in [0.15, 0.2) is 0 Å². The van der Waals surface area contributed by atoms with Gasteiger partial charge in [0.05, 0.1) is 16.1 Å². The van der Waals surface area contributed by atoms with Crippen molar-refractivity contribution in [3.8, 4) is 6.07 Å². The highest BCUT2D eigenvalue weighted by Crippen LogP contribution is 2.21. The third-order valence-corrected chi connectivity index (χ3v) is 3.06. The number of nitrogens with one attached hydrogen (secondary N) is 2. The number of anilines is 2. The Balaban J connectivity index is 2.22. The van der Waals surface area contributed by atoms with Crippen molar-refractivity contribution in [1.29, 1.82) is 5.26 Å². The molecule has 0 bridgehead atoms. The SMILES string of the molecule is CCNc1ncccc1C(=O)Nc1ccc(C#N)c(Cl)c1. The van der Waals surface area contributed by atoms with Gasteiger partial charge in [-0.25, -0.2) is 4.98 Å². The molecule has 0 aliphatic heterocycles. The van der Waals surface area contributed by atoms with E-state index in [-0.39, 0.29) is 5.91 Å². The standard InChI is InChI=1S/C15H13ClN4O/c1-2-18-14-12(4-3-7-19-14)15(21)20-11-6-5-10(9-17)13(16)8-11/h3-8H,2H2,1H3,(H,18,19)(H,20,21). The fourth-order valence-corrected chi connectivity index (χ4v) is 2.00. The van der Waals surface area contributed by atoms with Crippen LogP contribution in [0.3, 0.4) is 0 Å². The largest absolute Gasteiger partial charge is 0.370 e. The summed E-state index contributed by atoms with van der Waals surface area (Å²) < 4.78 is 0. The number of hydrogen-bond acceptors (Lipinski definition) is 4. The number of nitriles is 1. The number of carbonyl (C=O) groups is 1. The molecular weight excluding hydrogens is 288 g/mol. The van der Waals surface area contributed by atoms with Gasteiger partial charge in [-0.05, 0) is 37.3 Å². The molecule has 1 aromatic carbocycles. The lowest BCUT2D eigenvalue weighted by molar-refractivity contribution is 0.102. The smallest absolute Gasteiger partial charge is 0.259 e. The Hall–Kier alpha value is -2.58. The van der Waals surface area contributed by atoms with Gasteiger partial charge in [0.1, 0.15) is 11.9 Å². The van der Waals surface area contributed by atoms with E-state index in [1.165, 1.54) is 0 Å². The van der Waals surface area contributed by atoms with Gasteiger partial charge in [-0.2, -0.15) is 5.26 Å². The first-order valence-corrected chi connectivity index (χ1v) is 6.73. The predicted octanol–water partition coefficient (Wildman–Crippen LogP) is 3.29. The van der Waals surface area contributed by atoms with Crippen LogP contribution in [-0.4, -0.2) is 17.4 Å². The number of benzene rings is 1. The summed E-state index contributed by atoms with van der Waals surface area (Å²) in [6.07, 6.45) is 1.62. The normalized spacial score (nSPS) is 9.76. The van der Waals surface area contributed by atoms with E-state index in [0.29, 0.717) is 34.2 Å². The maximum atomic E-state index is 12.3. The number of hydrogen-bond donors (Lipinski definition) is 2. The molecule has 2 N–H and O–H groups in total. The zero-order valence-corrected chi connectivity index (χ0v) is 12.1. The van der Waals surface area contributed by atoms with E-state index in [9.17, 15) is 4.79 Å². The molecule has 0 fully saturated rings. The zero-order valence-electron chi connectivity index (χ0n) is 11.4. The van der Waals surface area contributed by atoms with Gasteiger partial charge >= 0.3 is 0 Å². The maximum Gasteiger partial charge on any atom is 0.259 e. The van der Waals surface area contributed by atoms with Gasteiger partial charge in [-0.15, -0.1) is 0 Å². The summed E-state index contributed by atoms with van der Waals surface area (Å²) in [7, 11) is 0. The molecule has 0 atom stereocenters. The fraction of sp³-hybridized carbons (Fsp3) is 0.133. The van der Waals surface area contributed by atoms with Crippen molar-refractivity contribution in [2.24, 2.45) is 0 Å². The minimum atomic E-state index is -0.292. The number of halogens is 1. The molecule has 0 saturated heterocycles. The monoisotopic (exact) mass is 300 g/mol. The van der Waals surface area contributed by atoms with Gasteiger partial charge < -0.3 is 10.6 Å². The Morgan fingerprint density at radius 1 is 1.43 bits per heavy atom. The molecule has 0 aliphatic rings. The van der Waals surface area contributed by atoms with Crippen LogP contribution in [0.25, 0.3) is 0 Å². The van der Waals surface area contributed by atoms with E-state index in [4.69, 9.17) is 16.9 Å². The molecule has 6 heteroatoms. The average Bonchev–Trinajstić information content (AvgIpc) is 2.48. The van der Waals surface area contributed by atoms with Gasteiger partial charge in [0.25, 0.3) is 5.91 Å². The lowest BCUT2D eigenvalue weighted by atomic mass is 10.2. The van der Waals surface area contributed by atoms with Crippen LogP contribution in [0.4, 0.5) is 11.5 Å². The Labute approximate surface area is 127 Å². The van der Waals surface area contributed by atoms with Crippen molar-refractivity contribution in [2.75, 3.05) is 17.2 Å². The Bertz CT molecular complexity index is 709. The van der Waals surface area contributed by atoms with Crippen molar-refractivity contribution >= 4 is 29.0 Å². The van der Waals surface area contributed by atoms with Crippen molar-refractivity contribution in [3.05, 3.63) is 52.7 Å².